The molecule has 1 aromatic heterocycles. The molecule has 4 aromatic rings. The van der Waals surface area contributed by atoms with Crippen LogP contribution in [0.25, 0.3) is 22.0 Å². The second kappa shape index (κ2) is 8.48. The van der Waals surface area contributed by atoms with Crippen LogP contribution < -0.4 is 10.6 Å². The molecule has 6 nitrogen and oxygen atoms in total. The van der Waals surface area contributed by atoms with Gasteiger partial charge in [0.25, 0.3) is 5.91 Å². The number of nitrogens with one attached hydrogen (secondary N) is 2. The first-order chi connectivity index (χ1) is 15.7. The Morgan fingerprint density at radius 2 is 1.84 bits per heavy atom. The van der Waals surface area contributed by atoms with Gasteiger partial charge in [-0.25, -0.2) is 9.97 Å². The van der Waals surface area contributed by atoms with Crippen LogP contribution in [0.15, 0.2) is 73.1 Å². The summed E-state index contributed by atoms with van der Waals surface area (Å²) in [5, 5.41) is 16.5. The van der Waals surface area contributed by atoms with Gasteiger partial charge >= 0.3 is 0 Å². The summed E-state index contributed by atoms with van der Waals surface area (Å²) in [6, 6.07) is 23.6. The summed E-state index contributed by atoms with van der Waals surface area (Å²) in [5.74, 6) is 0.675. The van der Waals surface area contributed by atoms with Crippen LogP contribution in [-0.2, 0) is 6.54 Å². The Morgan fingerprint density at radius 3 is 2.69 bits per heavy atom. The third-order valence-electron chi connectivity index (χ3n) is 5.52. The summed E-state index contributed by atoms with van der Waals surface area (Å²) < 4.78 is 0. The molecule has 1 aliphatic rings. The van der Waals surface area contributed by atoms with Crippen LogP contribution in [0.5, 0.6) is 0 Å². The summed E-state index contributed by atoms with van der Waals surface area (Å²) >= 11 is 0. The summed E-state index contributed by atoms with van der Waals surface area (Å²) in [4.78, 5) is 21.3. The molecule has 0 bridgehead atoms. The molecule has 3 aromatic carbocycles. The molecule has 0 atom stereocenters. The Kier molecular flexibility index (Phi) is 5.22. The van der Waals surface area contributed by atoms with Gasteiger partial charge in [0.15, 0.2) is 0 Å². The second-order valence-electron chi connectivity index (χ2n) is 7.95. The molecule has 1 fully saturated rings. The van der Waals surface area contributed by atoms with Gasteiger partial charge in [-0.2, -0.15) is 5.26 Å². The predicted molar refractivity (Wildman–Crippen MR) is 124 cm³/mol. The highest BCUT2D eigenvalue weighted by molar-refractivity contribution is 5.94. The third kappa shape index (κ3) is 4.28. The number of hydrogen-bond donors (Lipinski definition) is 2. The number of nitriles is 1. The van der Waals surface area contributed by atoms with Crippen LogP contribution in [0.1, 0.15) is 34.3 Å². The van der Waals surface area contributed by atoms with E-state index < -0.39 is 0 Å². The number of hydrogen-bond acceptors (Lipinski definition) is 5. The van der Waals surface area contributed by atoms with Crippen LogP contribution in [-0.4, -0.2) is 21.9 Å². The monoisotopic (exact) mass is 419 g/mol. The lowest BCUT2D eigenvalue weighted by molar-refractivity contribution is 0.0951. The van der Waals surface area contributed by atoms with Gasteiger partial charge in [0.1, 0.15) is 12.1 Å². The summed E-state index contributed by atoms with van der Waals surface area (Å²) in [6.07, 6.45) is 3.96. The molecule has 1 aliphatic carbocycles. The zero-order chi connectivity index (χ0) is 21.9. The maximum Gasteiger partial charge on any atom is 0.251 e. The normalized spacial score (nSPS) is 12.8. The number of rotatable bonds is 6. The fourth-order valence-corrected chi connectivity index (χ4v) is 3.65. The molecule has 0 saturated heterocycles. The Bertz CT molecular complexity index is 1350. The van der Waals surface area contributed by atoms with Gasteiger partial charge in [0, 0.05) is 23.5 Å². The largest absolute Gasteiger partial charge is 0.367 e. The lowest BCUT2D eigenvalue weighted by atomic mass is 10.0. The van der Waals surface area contributed by atoms with Crippen molar-refractivity contribution in [2.45, 2.75) is 25.4 Å². The second-order valence-corrected chi connectivity index (χ2v) is 7.95. The van der Waals surface area contributed by atoms with E-state index in [9.17, 15) is 4.79 Å². The van der Waals surface area contributed by atoms with E-state index in [1.54, 1.807) is 30.6 Å². The maximum atomic E-state index is 12.5. The van der Waals surface area contributed by atoms with E-state index in [1.165, 1.54) is 12.8 Å². The van der Waals surface area contributed by atoms with Crippen molar-refractivity contribution < 1.29 is 4.79 Å². The first-order valence-corrected chi connectivity index (χ1v) is 10.6. The van der Waals surface area contributed by atoms with E-state index >= 15 is 0 Å². The Labute approximate surface area is 186 Å². The van der Waals surface area contributed by atoms with Crippen LogP contribution in [0.4, 0.5) is 5.82 Å². The van der Waals surface area contributed by atoms with Crippen molar-refractivity contribution in [3.8, 4) is 17.2 Å². The van der Waals surface area contributed by atoms with Gasteiger partial charge in [-0.15, -0.1) is 0 Å². The van der Waals surface area contributed by atoms with E-state index in [-0.39, 0.29) is 5.91 Å². The lowest BCUT2D eigenvalue weighted by Crippen LogP contribution is -2.22. The van der Waals surface area contributed by atoms with Gasteiger partial charge in [-0.3, -0.25) is 4.79 Å². The van der Waals surface area contributed by atoms with Gasteiger partial charge in [0.2, 0.25) is 0 Å². The highest BCUT2D eigenvalue weighted by atomic mass is 16.1. The Hall–Kier alpha value is -4.24. The van der Waals surface area contributed by atoms with E-state index in [2.05, 4.69) is 50.9 Å². The van der Waals surface area contributed by atoms with Gasteiger partial charge in [-0.1, -0.05) is 30.3 Å². The van der Waals surface area contributed by atoms with Gasteiger partial charge in [-0.05, 0) is 65.9 Å². The lowest BCUT2D eigenvalue weighted by Gasteiger charge is -2.10. The number of carbonyl (C=O) groups excluding carboxylic acids is 1. The smallest absolute Gasteiger partial charge is 0.251 e. The van der Waals surface area contributed by atoms with Crippen LogP contribution >= 0.6 is 0 Å². The molecular formula is C26H21N5O. The number of anilines is 1. The molecule has 0 unspecified atom stereocenters. The van der Waals surface area contributed by atoms with E-state index in [1.807, 2.05) is 18.2 Å². The van der Waals surface area contributed by atoms with Crippen LogP contribution in [0, 0.1) is 11.3 Å². The molecule has 6 heteroatoms. The highest BCUT2D eigenvalue weighted by Crippen LogP contribution is 2.30. The van der Waals surface area contributed by atoms with E-state index in [0.717, 1.165) is 33.4 Å². The van der Waals surface area contributed by atoms with Gasteiger partial charge < -0.3 is 10.6 Å². The first kappa shape index (κ1) is 19.7. The zero-order valence-electron chi connectivity index (χ0n) is 17.4. The van der Waals surface area contributed by atoms with Crippen molar-refractivity contribution in [1.82, 2.24) is 15.3 Å². The van der Waals surface area contributed by atoms with Crippen molar-refractivity contribution in [1.29, 1.82) is 5.26 Å². The average Bonchev–Trinajstić information content (AvgIpc) is 3.67. The van der Waals surface area contributed by atoms with Crippen molar-refractivity contribution in [2.24, 2.45) is 0 Å². The van der Waals surface area contributed by atoms with Gasteiger partial charge in [0.05, 0.1) is 17.1 Å². The van der Waals surface area contributed by atoms with E-state index in [4.69, 9.17) is 5.26 Å². The number of aromatic nitrogens is 2. The first-order valence-electron chi connectivity index (χ1n) is 10.6. The molecule has 0 radical (unpaired) electrons. The minimum absolute atomic E-state index is 0.203. The number of carbonyl (C=O) groups is 1. The molecule has 2 N–H and O–H groups in total. The minimum Gasteiger partial charge on any atom is -0.367 e. The molecule has 5 rings (SSSR count). The van der Waals surface area contributed by atoms with Crippen molar-refractivity contribution in [3.63, 3.8) is 0 Å². The van der Waals surface area contributed by atoms with Crippen molar-refractivity contribution in [3.05, 3.63) is 89.7 Å². The molecule has 0 aliphatic heterocycles. The molecule has 1 amide bonds. The maximum absolute atomic E-state index is 12.5. The van der Waals surface area contributed by atoms with Crippen LogP contribution in [0.2, 0.25) is 0 Å². The SMILES string of the molecule is N#Cc1cccc(C(=O)NCc2cccc(-c3ccc4ncnc(NC5CC5)c4c3)c2)c1. The number of nitrogens with zero attached hydrogens (tertiary/aromatic N) is 3. The zero-order valence-corrected chi connectivity index (χ0v) is 17.4. The quantitative estimate of drug-likeness (QED) is 0.474. The average molecular weight is 419 g/mol. The molecular weight excluding hydrogens is 398 g/mol. The molecule has 1 saturated carbocycles. The summed E-state index contributed by atoms with van der Waals surface area (Å²) in [5.41, 5.74) is 4.98. The predicted octanol–water partition coefficient (Wildman–Crippen LogP) is 4.67. The molecule has 0 spiro atoms. The molecule has 32 heavy (non-hydrogen) atoms. The standard InChI is InChI=1S/C26H21N5O/c27-14-17-3-1-6-21(11-17)26(32)28-15-18-4-2-5-19(12-18)20-7-10-24-23(13-20)25(30-16-29-24)31-22-8-9-22/h1-7,10-13,16,22H,8-9,15H2,(H,28,32)(H,29,30,31). The molecule has 156 valence electrons. The topological polar surface area (TPSA) is 90.7 Å². The Balaban J connectivity index is 1.36. The van der Waals surface area contributed by atoms with E-state index in [0.29, 0.717) is 23.7 Å². The van der Waals surface area contributed by atoms with Crippen molar-refractivity contribution >= 4 is 22.6 Å². The fraction of sp³-hybridized carbons (Fsp3) is 0.154. The Morgan fingerprint density at radius 1 is 1.00 bits per heavy atom. The highest BCUT2D eigenvalue weighted by Gasteiger charge is 2.22. The van der Waals surface area contributed by atoms with Crippen LogP contribution in [0.3, 0.4) is 0 Å². The fourth-order valence-electron chi connectivity index (χ4n) is 3.65. The number of amides is 1. The summed E-state index contributed by atoms with van der Waals surface area (Å²) in [7, 11) is 0. The molecule has 1 heterocycles. The van der Waals surface area contributed by atoms with Crippen molar-refractivity contribution in [2.75, 3.05) is 5.32 Å². The summed E-state index contributed by atoms with van der Waals surface area (Å²) in [6.45, 7) is 0.397. The minimum atomic E-state index is -0.203. The number of benzene rings is 3. The number of fused-ring (bicyclic) bond motifs is 1. The third-order valence-corrected chi connectivity index (χ3v) is 5.52.